The first kappa shape index (κ1) is 11.9. The first-order chi connectivity index (χ1) is 7.55. The lowest BCUT2D eigenvalue weighted by Crippen LogP contribution is -2.48. The van der Waals surface area contributed by atoms with Gasteiger partial charge in [0.15, 0.2) is 0 Å². The Morgan fingerprint density at radius 3 is 2.81 bits per heavy atom. The highest BCUT2D eigenvalue weighted by Gasteiger charge is 2.46. The first-order valence-corrected chi connectivity index (χ1v) is 6.08. The van der Waals surface area contributed by atoms with Crippen molar-refractivity contribution in [3.05, 3.63) is 0 Å². The van der Waals surface area contributed by atoms with Crippen LogP contribution in [0.25, 0.3) is 0 Å². The summed E-state index contributed by atoms with van der Waals surface area (Å²) in [6.07, 6.45) is 2.80. The molecule has 16 heavy (non-hydrogen) atoms. The number of amides is 1. The lowest BCUT2D eigenvalue weighted by Gasteiger charge is -2.36. The van der Waals surface area contributed by atoms with E-state index in [1.165, 1.54) is 0 Å². The van der Waals surface area contributed by atoms with E-state index in [0.29, 0.717) is 13.0 Å². The molecule has 1 N–H and O–H groups in total. The molecule has 1 amide bonds. The van der Waals surface area contributed by atoms with Crippen molar-refractivity contribution in [1.29, 1.82) is 0 Å². The Morgan fingerprint density at radius 1 is 1.56 bits per heavy atom. The van der Waals surface area contributed by atoms with E-state index in [0.717, 1.165) is 19.4 Å². The first-order valence-electron chi connectivity index (χ1n) is 6.08. The number of ether oxygens (including phenoxy) is 1. The summed E-state index contributed by atoms with van der Waals surface area (Å²) in [5.41, 5.74) is -0.238. The molecule has 0 radical (unpaired) electrons. The van der Waals surface area contributed by atoms with Gasteiger partial charge in [0.1, 0.15) is 0 Å². The van der Waals surface area contributed by atoms with E-state index >= 15 is 0 Å². The van der Waals surface area contributed by atoms with Crippen molar-refractivity contribution in [2.75, 3.05) is 19.8 Å². The van der Waals surface area contributed by atoms with E-state index in [2.05, 4.69) is 0 Å². The zero-order chi connectivity index (χ0) is 11.8. The van der Waals surface area contributed by atoms with Gasteiger partial charge in [0.2, 0.25) is 5.91 Å². The third-order valence-electron chi connectivity index (χ3n) is 4.05. The van der Waals surface area contributed by atoms with Crippen LogP contribution in [0.4, 0.5) is 0 Å². The van der Waals surface area contributed by atoms with Crippen LogP contribution in [0, 0.1) is 5.92 Å². The molecule has 4 nitrogen and oxygen atoms in total. The number of nitrogens with zero attached hydrogens (tertiary/aromatic N) is 1. The Hall–Kier alpha value is -0.610. The molecule has 0 saturated carbocycles. The molecule has 2 saturated heterocycles. The van der Waals surface area contributed by atoms with Crippen molar-refractivity contribution in [2.24, 2.45) is 5.92 Å². The molecule has 0 bridgehead atoms. The smallest absolute Gasteiger partial charge is 0.223 e. The molecule has 2 unspecified atom stereocenters. The normalized spacial score (nSPS) is 33.7. The SMILES string of the molecule is CC1(C)C(CO)CC(=O)N1CC1CCCO1. The molecule has 92 valence electrons. The number of hydrogen-bond acceptors (Lipinski definition) is 3. The Labute approximate surface area is 96.6 Å². The molecule has 2 heterocycles. The van der Waals surface area contributed by atoms with Crippen molar-refractivity contribution in [1.82, 2.24) is 4.90 Å². The second kappa shape index (κ2) is 4.34. The number of hydrogen-bond donors (Lipinski definition) is 1. The van der Waals surface area contributed by atoms with Gasteiger partial charge in [-0.3, -0.25) is 4.79 Å². The summed E-state index contributed by atoms with van der Waals surface area (Å²) >= 11 is 0. The lowest BCUT2D eigenvalue weighted by molar-refractivity contribution is -0.132. The van der Waals surface area contributed by atoms with Crippen LogP contribution in [-0.4, -0.2) is 47.3 Å². The monoisotopic (exact) mass is 227 g/mol. The highest BCUT2D eigenvalue weighted by Crippen LogP contribution is 2.35. The fourth-order valence-corrected chi connectivity index (χ4v) is 2.73. The van der Waals surface area contributed by atoms with Gasteiger partial charge in [-0.1, -0.05) is 0 Å². The average molecular weight is 227 g/mol. The van der Waals surface area contributed by atoms with Gasteiger partial charge in [0.05, 0.1) is 6.10 Å². The van der Waals surface area contributed by atoms with Crippen LogP contribution in [0.3, 0.4) is 0 Å². The summed E-state index contributed by atoms with van der Waals surface area (Å²) in [4.78, 5) is 13.8. The van der Waals surface area contributed by atoms with E-state index in [9.17, 15) is 9.90 Å². The molecule has 2 fully saturated rings. The molecule has 0 aliphatic carbocycles. The van der Waals surface area contributed by atoms with Crippen molar-refractivity contribution >= 4 is 5.91 Å². The molecular formula is C12H21NO3. The standard InChI is InChI=1S/C12H21NO3/c1-12(2)9(8-14)6-11(15)13(12)7-10-4-3-5-16-10/h9-10,14H,3-8H2,1-2H3. The van der Waals surface area contributed by atoms with E-state index < -0.39 is 0 Å². The molecule has 2 rings (SSSR count). The largest absolute Gasteiger partial charge is 0.396 e. The van der Waals surface area contributed by atoms with Crippen molar-refractivity contribution < 1.29 is 14.6 Å². The Bertz CT molecular complexity index is 271. The quantitative estimate of drug-likeness (QED) is 0.775. The number of carbonyl (C=O) groups is 1. The van der Waals surface area contributed by atoms with Gasteiger partial charge in [0.25, 0.3) is 0 Å². The van der Waals surface area contributed by atoms with Crippen LogP contribution in [0.5, 0.6) is 0 Å². The van der Waals surface area contributed by atoms with Gasteiger partial charge in [-0.15, -0.1) is 0 Å². The maximum atomic E-state index is 11.9. The fourth-order valence-electron chi connectivity index (χ4n) is 2.73. The summed E-state index contributed by atoms with van der Waals surface area (Å²) < 4.78 is 5.57. The molecule has 0 aromatic heterocycles. The summed E-state index contributed by atoms with van der Waals surface area (Å²) in [5.74, 6) is 0.209. The Balaban J connectivity index is 2.04. The summed E-state index contributed by atoms with van der Waals surface area (Å²) in [6.45, 7) is 5.65. The topological polar surface area (TPSA) is 49.8 Å². The van der Waals surface area contributed by atoms with Gasteiger partial charge >= 0.3 is 0 Å². The van der Waals surface area contributed by atoms with Gasteiger partial charge in [0, 0.05) is 37.6 Å². The van der Waals surface area contributed by atoms with E-state index in [1.807, 2.05) is 18.7 Å². The van der Waals surface area contributed by atoms with Crippen molar-refractivity contribution in [3.63, 3.8) is 0 Å². The minimum atomic E-state index is -0.238. The molecular weight excluding hydrogens is 206 g/mol. The molecule has 2 atom stereocenters. The minimum Gasteiger partial charge on any atom is -0.396 e. The van der Waals surface area contributed by atoms with E-state index in [1.54, 1.807) is 0 Å². The predicted molar refractivity (Wildman–Crippen MR) is 60.0 cm³/mol. The van der Waals surface area contributed by atoms with E-state index in [4.69, 9.17) is 4.74 Å². The molecule has 0 spiro atoms. The number of aliphatic hydroxyl groups is 1. The van der Waals surface area contributed by atoms with Crippen molar-refractivity contribution in [3.8, 4) is 0 Å². The van der Waals surface area contributed by atoms with Crippen LogP contribution in [0.15, 0.2) is 0 Å². The summed E-state index contributed by atoms with van der Waals surface area (Å²) in [7, 11) is 0. The summed E-state index contributed by atoms with van der Waals surface area (Å²) in [5, 5.41) is 9.29. The van der Waals surface area contributed by atoms with Gasteiger partial charge in [-0.2, -0.15) is 0 Å². The molecule has 4 heteroatoms. The molecule has 2 aliphatic rings. The maximum absolute atomic E-state index is 11.9. The third-order valence-corrected chi connectivity index (χ3v) is 4.05. The average Bonchev–Trinajstić information content (AvgIpc) is 2.80. The predicted octanol–water partition coefficient (Wildman–Crippen LogP) is 0.785. The van der Waals surface area contributed by atoms with Gasteiger partial charge in [-0.25, -0.2) is 0 Å². The van der Waals surface area contributed by atoms with Crippen LogP contribution in [0.2, 0.25) is 0 Å². The second-order valence-corrected chi connectivity index (χ2v) is 5.38. The molecule has 2 aliphatic heterocycles. The molecule has 0 aromatic rings. The number of rotatable bonds is 3. The zero-order valence-corrected chi connectivity index (χ0v) is 10.1. The maximum Gasteiger partial charge on any atom is 0.223 e. The van der Waals surface area contributed by atoms with Crippen molar-refractivity contribution in [2.45, 2.75) is 44.8 Å². The Morgan fingerprint density at radius 2 is 2.31 bits per heavy atom. The third kappa shape index (κ3) is 1.96. The number of carbonyl (C=O) groups excluding carboxylic acids is 1. The zero-order valence-electron chi connectivity index (χ0n) is 10.1. The number of aliphatic hydroxyl groups excluding tert-OH is 1. The minimum absolute atomic E-state index is 0.0569. The summed E-state index contributed by atoms with van der Waals surface area (Å²) in [6, 6.07) is 0. The second-order valence-electron chi connectivity index (χ2n) is 5.38. The van der Waals surface area contributed by atoms with Gasteiger partial charge < -0.3 is 14.7 Å². The van der Waals surface area contributed by atoms with E-state index in [-0.39, 0.29) is 30.1 Å². The van der Waals surface area contributed by atoms with Crippen LogP contribution in [-0.2, 0) is 9.53 Å². The Kier molecular flexibility index (Phi) is 3.22. The van der Waals surface area contributed by atoms with Gasteiger partial charge in [-0.05, 0) is 26.7 Å². The highest BCUT2D eigenvalue weighted by atomic mass is 16.5. The van der Waals surface area contributed by atoms with Crippen LogP contribution in [0.1, 0.15) is 33.1 Å². The van der Waals surface area contributed by atoms with Crippen LogP contribution >= 0.6 is 0 Å². The lowest BCUT2D eigenvalue weighted by atomic mass is 9.89. The fraction of sp³-hybridized carbons (Fsp3) is 0.917. The van der Waals surface area contributed by atoms with Crippen LogP contribution < -0.4 is 0 Å². The molecule has 0 aromatic carbocycles. The number of likely N-dealkylation sites (tertiary alicyclic amines) is 1. The highest BCUT2D eigenvalue weighted by molar-refractivity contribution is 5.80.